The third-order valence-electron chi connectivity index (χ3n) is 2.42. The molecule has 1 fully saturated rings. The van der Waals surface area contributed by atoms with E-state index in [1.807, 2.05) is 6.92 Å². The number of rotatable bonds is 3. The first-order valence-electron chi connectivity index (χ1n) is 7.60. The molecule has 0 aromatic rings. The molecule has 0 spiro atoms. The van der Waals surface area contributed by atoms with Gasteiger partial charge >= 0.3 is 59.1 Å². The second kappa shape index (κ2) is 16.8. The Morgan fingerprint density at radius 2 is 1.22 bits per heavy atom. The molecule has 0 unspecified atom stereocenters. The second-order valence-corrected chi connectivity index (χ2v) is 7.85. The monoisotopic (exact) mass is 478 g/mol. The summed E-state index contributed by atoms with van der Waals surface area (Å²) in [5, 5.41) is 0. The molecule has 0 aromatic heterocycles. The second-order valence-electron chi connectivity index (χ2n) is 5.05. The summed E-state index contributed by atoms with van der Waals surface area (Å²) in [6, 6.07) is 0.416. The molecule has 0 aromatic carbocycles. The molecule has 164 valence electrons. The van der Waals surface area contributed by atoms with E-state index >= 15 is 0 Å². The fraction of sp³-hybridized carbons (Fsp3) is 0.818. The first-order valence-corrected chi connectivity index (χ1v) is 12.0. The van der Waals surface area contributed by atoms with Crippen LogP contribution < -0.4 is 22.9 Å². The van der Waals surface area contributed by atoms with Crippen molar-refractivity contribution in [3.8, 4) is 0 Å². The van der Waals surface area contributed by atoms with Gasteiger partial charge in [-0.15, -0.1) is 0 Å². The van der Waals surface area contributed by atoms with Crippen LogP contribution in [0.25, 0.3) is 0 Å². The van der Waals surface area contributed by atoms with Crippen LogP contribution in [0.15, 0.2) is 9.98 Å². The average molecular weight is 478 g/mol. The van der Waals surface area contributed by atoms with Crippen LogP contribution in [0, 0.1) is 0 Å². The fourth-order valence-corrected chi connectivity index (χ4v) is 1.66. The molecule has 16 heteroatoms. The molecule has 0 bridgehead atoms. The predicted octanol–water partition coefficient (Wildman–Crippen LogP) is -2.45. The van der Waals surface area contributed by atoms with E-state index in [0.717, 1.165) is 25.8 Å². The van der Waals surface area contributed by atoms with Gasteiger partial charge in [-0.2, -0.15) is 0 Å². The van der Waals surface area contributed by atoms with Crippen LogP contribution in [0.2, 0.25) is 0 Å². The Balaban J connectivity index is -0.000000300. The molecule has 0 amide bonds. The molecule has 12 N–H and O–H groups in total. The Labute approximate surface area is 162 Å². The number of guanidine groups is 2. The first kappa shape index (κ1) is 30.4. The summed E-state index contributed by atoms with van der Waals surface area (Å²) in [4.78, 5) is 7.82. The molecule has 1 aliphatic rings. The molecule has 14 nitrogen and oxygen atoms in total. The topological polar surface area (TPSA) is 278 Å². The van der Waals surface area contributed by atoms with E-state index in [4.69, 9.17) is 54.8 Å². The van der Waals surface area contributed by atoms with E-state index < -0.39 is 27.2 Å². The third kappa shape index (κ3) is 58.9. The van der Waals surface area contributed by atoms with E-state index in [0.29, 0.717) is 6.04 Å². The molecule has 0 saturated heterocycles. The van der Waals surface area contributed by atoms with Crippen LogP contribution in [0.5, 0.6) is 0 Å². The Kier molecular flexibility index (Phi) is 18.9. The zero-order valence-electron chi connectivity index (χ0n) is 15.0. The molecule has 0 radical (unpaired) electrons. The van der Waals surface area contributed by atoms with Gasteiger partial charge in [0.2, 0.25) is 0 Å². The van der Waals surface area contributed by atoms with Crippen LogP contribution in [0.1, 0.15) is 45.4 Å². The van der Waals surface area contributed by atoms with E-state index in [9.17, 15) is 0 Å². The normalized spacial score (nSPS) is 14.0. The summed E-state index contributed by atoms with van der Waals surface area (Å²) in [5.41, 5.74) is 20.5. The zero-order valence-corrected chi connectivity index (χ0v) is 17.5. The molecule has 1 aliphatic carbocycles. The van der Waals surface area contributed by atoms with Crippen LogP contribution in [-0.2, 0) is 42.4 Å². The van der Waals surface area contributed by atoms with Crippen LogP contribution in [-0.4, -0.2) is 41.1 Å². The van der Waals surface area contributed by atoms with E-state index in [2.05, 4.69) is 9.98 Å². The minimum atomic E-state index is -5.25. The standard InChI is InChI=1S/C7H15N3.C4H11N3.2Cr.4H2O.4O/c8-7(9)10-6-4-2-1-3-5-6;1-2-3-7-4(5)6;;;;;;;;;;/h6H,1-5H2,(H4,8,9,10);2-3H2,1H3,(H4,5,6,7);;;4*1H2;;;;/q;;2*+2;;;;;;;;/p-4. The van der Waals surface area contributed by atoms with Crippen LogP contribution in [0.4, 0.5) is 0 Å². The summed E-state index contributed by atoms with van der Waals surface area (Å²) in [5.74, 6) is 0.425. The van der Waals surface area contributed by atoms with Crippen molar-refractivity contribution in [3.63, 3.8) is 0 Å². The molecular formula is C11H30Cr2N6O8. The van der Waals surface area contributed by atoms with Gasteiger partial charge in [0.15, 0.2) is 11.9 Å². The summed E-state index contributed by atoms with van der Waals surface area (Å²) < 4.78 is 63.8. The van der Waals surface area contributed by atoms with Crippen molar-refractivity contribution in [2.24, 2.45) is 32.9 Å². The Hall–Kier alpha value is -1.36. The van der Waals surface area contributed by atoms with Gasteiger partial charge < -0.3 is 22.9 Å². The summed E-state index contributed by atoms with van der Waals surface area (Å²) in [6.07, 6.45) is 7.23. The Morgan fingerprint density at radius 3 is 1.44 bits per heavy atom. The van der Waals surface area contributed by atoms with Crippen molar-refractivity contribution in [2.75, 3.05) is 6.54 Å². The van der Waals surface area contributed by atoms with Gasteiger partial charge in [-0.25, -0.2) is 0 Å². The Bertz CT molecular complexity index is 575. The summed E-state index contributed by atoms with van der Waals surface area (Å²) in [6.45, 7) is 2.76. The van der Waals surface area contributed by atoms with E-state index in [1.54, 1.807) is 0 Å². The van der Waals surface area contributed by atoms with E-state index in [-0.39, 0.29) is 11.9 Å². The molecule has 1 rings (SSSR count). The number of hydrogen-bond acceptors (Lipinski definition) is 6. The fourth-order valence-electron chi connectivity index (χ4n) is 1.66. The maximum atomic E-state index is 8.82. The van der Waals surface area contributed by atoms with Crippen molar-refractivity contribution in [3.05, 3.63) is 0 Å². The SMILES string of the molecule is CCCN=C(N)N.NC(N)=NC1CCCCC1.[O]=[Cr](=[O])([OH])[OH].[O]=[Cr](=[O])([OH])[OH]. The Morgan fingerprint density at radius 1 is 0.852 bits per heavy atom. The molecular weight excluding hydrogens is 448 g/mol. The number of hydrogen-bond donors (Lipinski definition) is 8. The van der Waals surface area contributed by atoms with Crippen molar-refractivity contribution in [1.82, 2.24) is 0 Å². The maximum absolute atomic E-state index is 8.82. The van der Waals surface area contributed by atoms with Gasteiger partial charge in [0.05, 0.1) is 6.04 Å². The number of nitrogens with two attached hydrogens (primary N) is 4. The van der Waals surface area contributed by atoms with Crippen molar-refractivity contribution in [1.29, 1.82) is 0 Å². The molecule has 27 heavy (non-hydrogen) atoms. The first-order chi connectivity index (χ1) is 12.1. The van der Waals surface area contributed by atoms with Crippen molar-refractivity contribution >= 4 is 11.9 Å². The zero-order chi connectivity index (χ0) is 22.1. The van der Waals surface area contributed by atoms with Gasteiger partial charge in [0.25, 0.3) is 0 Å². The van der Waals surface area contributed by atoms with Gasteiger partial charge in [-0.3, -0.25) is 9.98 Å². The van der Waals surface area contributed by atoms with Crippen molar-refractivity contribution in [2.45, 2.75) is 51.5 Å². The molecule has 0 aliphatic heterocycles. The van der Waals surface area contributed by atoms with Gasteiger partial charge in [-0.1, -0.05) is 26.2 Å². The minimum absolute atomic E-state index is 0.182. The number of nitrogens with zero attached hydrogens (tertiary/aromatic N) is 2. The molecule has 0 heterocycles. The van der Waals surface area contributed by atoms with Crippen molar-refractivity contribution < 1.29 is 59.1 Å². The predicted molar refractivity (Wildman–Crippen MR) is 85.3 cm³/mol. The third-order valence-corrected chi connectivity index (χ3v) is 2.42. The van der Waals surface area contributed by atoms with Gasteiger partial charge in [0.1, 0.15) is 0 Å². The number of aliphatic imine (C=N–C) groups is 2. The molecule has 0 atom stereocenters. The van der Waals surface area contributed by atoms with E-state index in [1.165, 1.54) is 19.3 Å². The summed E-state index contributed by atoms with van der Waals surface area (Å²) >= 11 is -10.5. The summed E-state index contributed by atoms with van der Waals surface area (Å²) in [7, 11) is 0. The van der Waals surface area contributed by atoms with Gasteiger partial charge in [0, 0.05) is 6.54 Å². The average Bonchev–Trinajstić information content (AvgIpc) is 2.42. The van der Waals surface area contributed by atoms with Crippen LogP contribution in [0.3, 0.4) is 0 Å². The van der Waals surface area contributed by atoms with Gasteiger partial charge in [-0.05, 0) is 19.3 Å². The quantitative estimate of drug-likeness (QED) is 0.155. The molecule has 1 saturated carbocycles. The van der Waals surface area contributed by atoms with Crippen LogP contribution >= 0.6 is 0 Å².